The van der Waals surface area contributed by atoms with Crippen molar-refractivity contribution in [1.82, 2.24) is 14.5 Å². The maximum absolute atomic E-state index is 13.8. The molecular formula is C16H15BrFN3O2. The lowest BCUT2D eigenvalue weighted by atomic mass is 10.1. The molecular weight excluding hydrogens is 365 g/mol. The smallest absolute Gasteiger partial charge is 0.326 e. The molecule has 0 amide bonds. The van der Waals surface area contributed by atoms with E-state index in [2.05, 4.69) is 25.9 Å². The third kappa shape index (κ3) is 2.30. The highest BCUT2D eigenvalue weighted by Crippen LogP contribution is 2.35. The zero-order valence-electron chi connectivity index (χ0n) is 12.5. The highest BCUT2D eigenvalue weighted by molar-refractivity contribution is 9.10. The molecule has 1 aliphatic rings. The molecule has 1 N–H and O–H groups in total. The fraction of sp³-hybridized carbons (Fsp3) is 0.375. The van der Waals surface area contributed by atoms with Gasteiger partial charge in [0.25, 0.3) is 0 Å². The van der Waals surface area contributed by atoms with E-state index in [0.717, 1.165) is 30.2 Å². The highest BCUT2D eigenvalue weighted by Gasteiger charge is 2.29. The van der Waals surface area contributed by atoms with Crippen LogP contribution in [-0.4, -0.2) is 27.7 Å². The fourth-order valence-electron chi connectivity index (χ4n) is 3.52. The molecule has 1 aromatic carbocycles. The van der Waals surface area contributed by atoms with Crippen molar-refractivity contribution in [1.29, 1.82) is 0 Å². The van der Waals surface area contributed by atoms with Gasteiger partial charge < -0.3 is 9.72 Å². The van der Waals surface area contributed by atoms with E-state index in [1.165, 1.54) is 6.07 Å². The maximum atomic E-state index is 13.8. The molecule has 0 unspecified atom stereocenters. The number of benzene rings is 1. The van der Waals surface area contributed by atoms with Crippen molar-refractivity contribution in [3.8, 4) is 0 Å². The summed E-state index contributed by atoms with van der Waals surface area (Å²) in [6, 6.07) is 3.15. The van der Waals surface area contributed by atoms with Crippen molar-refractivity contribution in [2.24, 2.45) is 0 Å². The van der Waals surface area contributed by atoms with Gasteiger partial charge in [-0.05, 0) is 41.3 Å². The number of halogens is 2. The average Bonchev–Trinajstić information content (AvgIpc) is 3.11. The van der Waals surface area contributed by atoms with Crippen LogP contribution >= 0.6 is 15.9 Å². The number of nitrogens with one attached hydrogen (secondary N) is 1. The first-order valence-electron chi connectivity index (χ1n) is 7.49. The number of H-pyrrole nitrogens is 1. The Hall–Kier alpha value is -1.73. The Balaban J connectivity index is 2.00. The van der Waals surface area contributed by atoms with E-state index in [9.17, 15) is 9.18 Å². The fourth-order valence-corrected chi connectivity index (χ4v) is 3.86. The molecule has 1 aliphatic carbocycles. The van der Waals surface area contributed by atoms with Gasteiger partial charge in [-0.1, -0.05) is 0 Å². The van der Waals surface area contributed by atoms with Crippen molar-refractivity contribution >= 4 is 37.9 Å². The standard InChI is InChI=1S/C16H15BrFN3O2/c1-23-9-3-2-8(4-9)21-15-10-5-11(17)12(18)6-13(10)19-7-14(15)20-16(21)22/h5-9H,2-4H2,1H3,(H,20,22)/t8-,9-/m0/s1. The number of imidazole rings is 1. The summed E-state index contributed by atoms with van der Waals surface area (Å²) in [4.78, 5) is 19.6. The third-order valence-electron chi connectivity index (χ3n) is 4.64. The maximum Gasteiger partial charge on any atom is 0.326 e. The van der Waals surface area contributed by atoms with Gasteiger partial charge in [0.05, 0.1) is 33.3 Å². The molecule has 0 spiro atoms. The number of nitrogens with zero attached hydrogens (tertiary/aromatic N) is 2. The minimum Gasteiger partial charge on any atom is -0.381 e. The zero-order valence-corrected chi connectivity index (χ0v) is 14.1. The largest absolute Gasteiger partial charge is 0.381 e. The lowest BCUT2D eigenvalue weighted by molar-refractivity contribution is 0.106. The molecule has 23 heavy (non-hydrogen) atoms. The van der Waals surface area contributed by atoms with Crippen LogP contribution in [0, 0.1) is 5.82 Å². The van der Waals surface area contributed by atoms with Crippen LogP contribution in [0.3, 0.4) is 0 Å². The van der Waals surface area contributed by atoms with Crippen molar-refractivity contribution in [2.75, 3.05) is 7.11 Å². The van der Waals surface area contributed by atoms with E-state index in [1.54, 1.807) is 23.9 Å². The van der Waals surface area contributed by atoms with E-state index in [1.807, 2.05) is 0 Å². The number of hydrogen-bond acceptors (Lipinski definition) is 3. The van der Waals surface area contributed by atoms with Crippen LogP contribution in [0.4, 0.5) is 4.39 Å². The normalized spacial score (nSPS) is 21.5. The minimum absolute atomic E-state index is 0.0793. The molecule has 3 aromatic rings. The topological polar surface area (TPSA) is 59.9 Å². The zero-order chi connectivity index (χ0) is 16.1. The molecule has 5 nitrogen and oxygen atoms in total. The van der Waals surface area contributed by atoms with Gasteiger partial charge in [0.1, 0.15) is 5.82 Å². The van der Waals surface area contributed by atoms with Crippen LogP contribution in [0.25, 0.3) is 21.9 Å². The van der Waals surface area contributed by atoms with Crippen molar-refractivity contribution in [3.05, 3.63) is 39.1 Å². The summed E-state index contributed by atoms with van der Waals surface area (Å²) < 4.78 is 21.3. The SMILES string of the molecule is CO[C@H]1CC[C@H](n2c(=O)[nH]c3cnc4cc(F)c(Br)cc4c32)C1. The van der Waals surface area contributed by atoms with E-state index >= 15 is 0 Å². The molecule has 1 saturated carbocycles. The molecule has 120 valence electrons. The second-order valence-electron chi connectivity index (χ2n) is 5.93. The van der Waals surface area contributed by atoms with Gasteiger partial charge in [0.2, 0.25) is 0 Å². The van der Waals surface area contributed by atoms with Crippen LogP contribution in [0.15, 0.2) is 27.6 Å². The molecule has 4 rings (SSSR count). The summed E-state index contributed by atoms with van der Waals surface area (Å²) >= 11 is 3.22. The second-order valence-corrected chi connectivity index (χ2v) is 6.78. The number of ether oxygens (including phenoxy) is 1. The van der Waals surface area contributed by atoms with Gasteiger partial charge in [-0.15, -0.1) is 0 Å². The predicted molar refractivity (Wildman–Crippen MR) is 89.2 cm³/mol. The van der Waals surface area contributed by atoms with Crippen LogP contribution < -0.4 is 5.69 Å². The van der Waals surface area contributed by atoms with Crippen LogP contribution in [0.2, 0.25) is 0 Å². The average molecular weight is 380 g/mol. The summed E-state index contributed by atoms with van der Waals surface area (Å²) in [6.07, 6.45) is 4.38. The summed E-state index contributed by atoms with van der Waals surface area (Å²) in [6.45, 7) is 0. The summed E-state index contributed by atoms with van der Waals surface area (Å²) in [5, 5.41) is 0.759. The number of methoxy groups -OCH3 is 1. The first-order valence-corrected chi connectivity index (χ1v) is 8.28. The Kier molecular flexibility index (Phi) is 3.50. The number of fused-ring (bicyclic) bond motifs is 3. The van der Waals surface area contributed by atoms with Gasteiger partial charge in [0.15, 0.2) is 0 Å². The van der Waals surface area contributed by atoms with Gasteiger partial charge in [-0.25, -0.2) is 9.18 Å². The molecule has 2 atom stereocenters. The van der Waals surface area contributed by atoms with Gasteiger partial charge in [-0.2, -0.15) is 0 Å². The molecule has 0 saturated heterocycles. The Morgan fingerprint density at radius 2 is 2.26 bits per heavy atom. The Bertz CT molecular complexity index is 965. The number of pyridine rings is 1. The number of hydrogen-bond donors (Lipinski definition) is 1. The molecule has 7 heteroatoms. The van der Waals surface area contributed by atoms with E-state index in [-0.39, 0.29) is 23.7 Å². The van der Waals surface area contributed by atoms with Crippen LogP contribution in [-0.2, 0) is 4.74 Å². The molecule has 0 radical (unpaired) electrons. The Labute approximate surface area is 139 Å². The van der Waals surface area contributed by atoms with Crippen molar-refractivity contribution < 1.29 is 9.13 Å². The summed E-state index contributed by atoms with van der Waals surface area (Å²) in [5.74, 6) is -0.367. The molecule has 0 bridgehead atoms. The van der Waals surface area contributed by atoms with E-state index in [4.69, 9.17) is 4.74 Å². The first-order chi connectivity index (χ1) is 11.1. The van der Waals surface area contributed by atoms with Gasteiger partial charge in [-0.3, -0.25) is 9.55 Å². The molecule has 2 aromatic heterocycles. The second kappa shape index (κ2) is 5.42. The highest BCUT2D eigenvalue weighted by atomic mass is 79.9. The third-order valence-corrected chi connectivity index (χ3v) is 5.25. The van der Waals surface area contributed by atoms with Gasteiger partial charge in [0, 0.05) is 24.6 Å². The number of rotatable bonds is 2. The van der Waals surface area contributed by atoms with E-state index in [0.29, 0.717) is 15.5 Å². The Morgan fingerprint density at radius 1 is 1.43 bits per heavy atom. The van der Waals surface area contributed by atoms with Crippen LogP contribution in [0.5, 0.6) is 0 Å². The van der Waals surface area contributed by atoms with Gasteiger partial charge >= 0.3 is 5.69 Å². The predicted octanol–water partition coefficient (Wildman–Crippen LogP) is 3.52. The minimum atomic E-state index is -0.367. The monoisotopic (exact) mass is 379 g/mol. The molecule has 2 heterocycles. The quantitative estimate of drug-likeness (QED) is 0.740. The van der Waals surface area contributed by atoms with E-state index < -0.39 is 0 Å². The summed E-state index contributed by atoms with van der Waals surface area (Å²) in [5.41, 5.74) is 1.83. The summed E-state index contributed by atoms with van der Waals surface area (Å²) in [7, 11) is 1.70. The first kappa shape index (κ1) is 14.8. The lowest BCUT2D eigenvalue weighted by Crippen LogP contribution is -2.21. The molecule has 0 aliphatic heterocycles. The van der Waals surface area contributed by atoms with Crippen molar-refractivity contribution in [3.63, 3.8) is 0 Å². The number of aromatic nitrogens is 3. The number of aromatic amines is 1. The van der Waals surface area contributed by atoms with Crippen LogP contribution in [0.1, 0.15) is 25.3 Å². The van der Waals surface area contributed by atoms with Crippen molar-refractivity contribution in [2.45, 2.75) is 31.4 Å². The molecule has 1 fully saturated rings. The lowest BCUT2D eigenvalue weighted by Gasteiger charge is -2.13. The Morgan fingerprint density at radius 3 is 3.00 bits per heavy atom.